The Morgan fingerprint density at radius 3 is 2.10 bits per heavy atom. The number of methoxy groups -OCH3 is 2. The van der Waals surface area contributed by atoms with Crippen molar-refractivity contribution in [3.63, 3.8) is 0 Å². The van der Waals surface area contributed by atoms with Crippen molar-refractivity contribution in [2.75, 3.05) is 33.6 Å². The van der Waals surface area contributed by atoms with E-state index in [1.165, 1.54) is 4.90 Å². The molecule has 0 spiro atoms. The molecular formula is C30H36ClN3O6S. The molecule has 0 aliphatic heterocycles. The fraction of sp³-hybridized carbons (Fsp3) is 0.333. The number of nitrogens with one attached hydrogen (secondary N) is 1. The monoisotopic (exact) mass is 601 g/mol. The van der Waals surface area contributed by atoms with E-state index >= 15 is 0 Å². The standard InChI is InChI=1S/C30H36ClN3O6S/c1-22(30(36)32-17-16-23-12-15-27(39-2)28(18-23)40-3)34(20-25-10-13-26(31)14-11-25)29(35)21-33(41(4,37)38)19-24-8-6-5-7-9-24/h5-15,18,22H,16-17,19-21H2,1-4H3,(H,32,36). The number of ether oxygens (including phenoxy) is 2. The van der Waals surface area contributed by atoms with Gasteiger partial charge in [-0.2, -0.15) is 4.31 Å². The van der Waals surface area contributed by atoms with Crippen LogP contribution >= 0.6 is 11.6 Å². The Balaban J connectivity index is 1.75. The number of halogens is 1. The van der Waals surface area contributed by atoms with Crippen molar-refractivity contribution in [2.45, 2.75) is 32.5 Å². The van der Waals surface area contributed by atoms with Gasteiger partial charge in [-0.1, -0.05) is 60.1 Å². The molecule has 0 radical (unpaired) electrons. The minimum Gasteiger partial charge on any atom is -0.493 e. The van der Waals surface area contributed by atoms with Gasteiger partial charge in [0.15, 0.2) is 11.5 Å². The molecule has 0 bridgehead atoms. The molecule has 0 heterocycles. The maximum Gasteiger partial charge on any atom is 0.242 e. The van der Waals surface area contributed by atoms with Crippen molar-refractivity contribution in [1.29, 1.82) is 0 Å². The van der Waals surface area contributed by atoms with E-state index in [2.05, 4.69) is 5.32 Å². The molecule has 0 aliphatic carbocycles. The lowest BCUT2D eigenvalue weighted by Gasteiger charge is -2.31. The molecule has 11 heteroatoms. The summed E-state index contributed by atoms with van der Waals surface area (Å²) in [6.45, 7) is 1.67. The van der Waals surface area contributed by atoms with Crippen molar-refractivity contribution in [3.8, 4) is 11.5 Å². The number of hydrogen-bond donors (Lipinski definition) is 1. The molecule has 3 aromatic carbocycles. The van der Waals surface area contributed by atoms with Crippen LogP contribution in [0.15, 0.2) is 72.8 Å². The zero-order valence-electron chi connectivity index (χ0n) is 23.7. The molecule has 1 N–H and O–H groups in total. The number of carbonyl (C=O) groups excluding carboxylic acids is 2. The van der Waals surface area contributed by atoms with Crippen LogP contribution in [0.4, 0.5) is 0 Å². The molecule has 220 valence electrons. The van der Waals surface area contributed by atoms with Crippen LogP contribution in [-0.2, 0) is 39.1 Å². The lowest BCUT2D eigenvalue weighted by atomic mass is 10.1. The zero-order valence-corrected chi connectivity index (χ0v) is 25.2. The highest BCUT2D eigenvalue weighted by molar-refractivity contribution is 7.88. The second-order valence-electron chi connectivity index (χ2n) is 9.57. The molecule has 9 nitrogen and oxygen atoms in total. The molecule has 3 rings (SSSR count). The summed E-state index contributed by atoms with van der Waals surface area (Å²) in [5.41, 5.74) is 2.44. The Kier molecular flexibility index (Phi) is 11.6. The predicted molar refractivity (Wildman–Crippen MR) is 159 cm³/mol. The van der Waals surface area contributed by atoms with Gasteiger partial charge in [0.1, 0.15) is 6.04 Å². The molecule has 1 atom stereocenters. The fourth-order valence-electron chi connectivity index (χ4n) is 4.20. The lowest BCUT2D eigenvalue weighted by Crippen LogP contribution is -2.51. The first-order valence-electron chi connectivity index (χ1n) is 13.0. The topological polar surface area (TPSA) is 105 Å². The molecule has 41 heavy (non-hydrogen) atoms. The second kappa shape index (κ2) is 14.9. The molecule has 1 unspecified atom stereocenters. The molecule has 0 saturated heterocycles. The molecule has 2 amide bonds. The number of sulfonamides is 1. The number of nitrogens with zero attached hydrogens (tertiary/aromatic N) is 2. The summed E-state index contributed by atoms with van der Waals surface area (Å²) in [5, 5.41) is 3.43. The highest BCUT2D eigenvalue weighted by atomic mass is 35.5. The normalized spacial score (nSPS) is 12.0. The summed E-state index contributed by atoms with van der Waals surface area (Å²) in [6, 6.07) is 20.6. The van der Waals surface area contributed by atoms with Gasteiger partial charge >= 0.3 is 0 Å². The first kappa shape index (κ1) is 31.9. The van der Waals surface area contributed by atoms with E-state index in [1.54, 1.807) is 75.7 Å². The Labute approximate surface area is 247 Å². The molecular weight excluding hydrogens is 566 g/mol. The Morgan fingerprint density at radius 2 is 1.49 bits per heavy atom. The van der Waals surface area contributed by atoms with Crippen molar-refractivity contribution >= 4 is 33.4 Å². The van der Waals surface area contributed by atoms with E-state index < -0.39 is 28.5 Å². The Bertz CT molecular complexity index is 1420. The predicted octanol–water partition coefficient (Wildman–Crippen LogP) is 3.90. The van der Waals surface area contributed by atoms with Crippen LogP contribution in [0.5, 0.6) is 11.5 Å². The smallest absolute Gasteiger partial charge is 0.242 e. The maximum absolute atomic E-state index is 13.6. The summed E-state index contributed by atoms with van der Waals surface area (Å²) in [7, 11) is -0.603. The first-order chi connectivity index (χ1) is 19.5. The van der Waals surface area contributed by atoms with Crippen LogP contribution in [0, 0.1) is 0 Å². The van der Waals surface area contributed by atoms with E-state index in [0.29, 0.717) is 29.5 Å². The quantitative estimate of drug-likeness (QED) is 0.301. The summed E-state index contributed by atoms with van der Waals surface area (Å²) >= 11 is 6.03. The largest absolute Gasteiger partial charge is 0.493 e. The number of rotatable bonds is 14. The van der Waals surface area contributed by atoms with E-state index in [1.807, 2.05) is 18.2 Å². The van der Waals surface area contributed by atoms with Crippen LogP contribution in [-0.4, -0.2) is 69.0 Å². The highest BCUT2D eigenvalue weighted by Gasteiger charge is 2.30. The van der Waals surface area contributed by atoms with Gasteiger partial charge < -0.3 is 19.7 Å². The average molecular weight is 602 g/mol. The Hall–Kier alpha value is -3.60. The van der Waals surface area contributed by atoms with E-state index in [-0.39, 0.29) is 19.0 Å². The van der Waals surface area contributed by atoms with E-state index in [0.717, 1.165) is 27.3 Å². The summed E-state index contributed by atoms with van der Waals surface area (Å²) in [6.07, 6.45) is 1.60. The first-order valence-corrected chi connectivity index (χ1v) is 15.3. The summed E-state index contributed by atoms with van der Waals surface area (Å²) < 4.78 is 36.9. The van der Waals surface area contributed by atoms with Gasteiger partial charge in [0.2, 0.25) is 21.8 Å². The average Bonchev–Trinajstić information content (AvgIpc) is 2.96. The molecule has 0 aliphatic rings. The maximum atomic E-state index is 13.6. The van der Waals surface area contributed by atoms with Crippen molar-refractivity contribution in [1.82, 2.24) is 14.5 Å². The lowest BCUT2D eigenvalue weighted by molar-refractivity contribution is -0.140. The summed E-state index contributed by atoms with van der Waals surface area (Å²) in [4.78, 5) is 28.2. The number of hydrogen-bond acceptors (Lipinski definition) is 6. The fourth-order valence-corrected chi connectivity index (χ4v) is 5.06. The summed E-state index contributed by atoms with van der Waals surface area (Å²) in [5.74, 6) is 0.349. The number of carbonyl (C=O) groups is 2. The van der Waals surface area contributed by atoms with Crippen LogP contribution in [0.2, 0.25) is 5.02 Å². The van der Waals surface area contributed by atoms with Gasteiger partial charge in [-0.05, 0) is 54.3 Å². The minimum absolute atomic E-state index is 0.0338. The third-order valence-electron chi connectivity index (χ3n) is 6.58. The van der Waals surface area contributed by atoms with Gasteiger partial charge in [0.25, 0.3) is 0 Å². The van der Waals surface area contributed by atoms with E-state index in [9.17, 15) is 18.0 Å². The van der Waals surface area contributed by atoms with Crippen LogP contribution in [0.25, 0.3) is 0 Å². The third kappa shape index (κ3) is 9.48. The van der Waals surface area contributed by atoms with Gasteiger partial charge in [0, 0.05) is 24.7 Å². The number of amides is 2. The molecule has 0 saturated carbocycles. The SMILES string of the molecule is COc1ccc(CCNC(=O)C(C)N(Cc2ccc(Cl)cc2)C(=O)CN(Cc2ccccc2)S(C)(=O)=O)cc1OC. The third-order valence-corrected chi connectivity index (χ3v) is 8.02. The van der Waals surface area contributed by atoms with Crippen LogP contribution in [0.3, 0.4) is 0 Å². The van der Waals surface area contributed by atoms with Gasteiger partial charge in [0.05, 0.1) is 27.0 Å². The molecule has 3 aromatic rings. The van der Waals surface area contributed by atoms with Crippen molar-refractivity contribution in [3.05, 3.63) is 94.5 Å². The number of benzene rings is 3. The van der Waals surface area contributed by atoms with Gasteiger partial charge in [-0.25, -0.2) is 8.42 Å². The second-order valence-corrected chi connectivity index (χ2v) is 12.0. The van der Waals surface area contributed by atoms with Gasteiger partial charge in [-0.3, -0.25) is 9.59 Å². The Morgan fingerprint density at radius 1 is 0.878 bits per heavy atom. The zero-order chi connectivity index (χ0) is 30.0. The van der Waals surface area contributed by atoms with E-state index in [4.69, 9.17) is 21.1 Å². The van der Waals surface area contributed by atoms with Crippen molar-refractivity contribution in [2.24, 2.45) is 0 Å². The molecule has 0 aromatic heterocycles. The van der Waals surface area contributed by atoms with Gasteiger partial charge in [-0.15, -0.1) is 0 Å². The molecule has 0 fully saturated rings. The van der Waals surface area contributed by atoms with Crippen molar-refractivity contribution < 1.29 is 27.5 Å². The van der Waals surface area contributed by atoms with Crippen LogP contribution in [0.1, 0.15) is 23.6 Å². The highest BCUT2D eigenvalue weighted by Crippen LogP contribution is 2.27. The van der Waals surface area contributed by atoms with Crippen LogP contribution < -0.4 is 14.8 Å². The minimum atomic E-state index is -3.72.